The van der Waals surface area contributed by atoms with E-state index in [1.807, 2.05) is 5.43 Å². The molecule has 0 heterocycles. The van der Waals surface area contributed by atoms with Crippen molar-refractivity contribution in [2.45, 2.75) is 51.4 Å². The standard InChI is InChI=1S/C10H24N2O3Si/c1-10(2,3)16(4,5)15-8(7-13)6-9(14)12-11/h8,13H,6-7,11H2,1-5H3,(H,12,14)/t8-/m1/s1. The lowest BCUT2D eigenvalue weighted by atomic mass is 10.2. The van der Waals surface area contributed by atoms with E-state index >= 15 is 0 Å². The number of hydrogen-bond acceptors (Lipinski definition) is 4. The number of aliphatic hydroxyl groups excluding tert-OH is 1. The summed E-state index contributed by atoms with van der Waals surface area (Å²) in [7, 11) is -1.95. The third-order valence-electron chi connectivity index (χ3n) is 3.05. The summed E-state index contributed by atoms with van der Waals surface area (Å²) in [5, 5.41) is 9.23. The Hall–Kier alpha value is -0.433. The van der Waals surface area contributed by atoms with Crippen LogP contribution in [-0.2, 0) is 9.22 Å². The van der Waals surface area contributed by atoms with E-state index in [4.69, 9.17) is 10.3 Å². The predicted octanol–water partition coefficient (Wildman–Crippen LogP) is 0.749. The molecule has 4 N–H and O–H groups in total. The first-order chi connectivity index (χ1) is 7.14. The van der Waals surface area contributed by atoms with Crippen LogP contribution in [0.3, 0.4) is 0 Å². The SMILES string of the molecule is CC(C)(C)[Si](C)(C)O[C@@H](CO)CC(=O)NN. The maximum Gasteiger partial charge on any atom is 0.236 e. The second-order valence-electron chi connectivity index (χ2n) is 5.45. The van der Waals surface area contributed by atoms with E-state index in [9.17, 15) is 9.90 Å². The smallest absolute Gasteiger partial charge is 0.236 e. The largest absolute Gasteiger partial charge is 0.411 e. The van der Waals surface area contributed by atoms with Gasteiger partial charge in [0, 0.05) is 0 Å². The molecule has 0 aliphatic rings. The molecule has 0 aromatic heterocycles. The van der Waals surface area contributed by atoms with Crippen molar-refractivity contribution in [1.82, 2.24) is 5.43 Å². The Kier molecular flexibility index (Phi) is 5.61. The molecule has 16 heavy (non-hydrogen) atoms. The number of nitrogens with one attached hydrogen (secondary N) is 1. The average molecular weight is 248 g/mol. The van der Waals surface area contributed by atoms with Gasteiger partial charge in [0.2, 0.25) is 5.91 Å². The molecule has 1 atom stereocenters. The van der Waals surface area contributed by atoms with Crippen LogP contribution in [0.4, 0.5) is 0 Å². The van der Waals surface area contributed by atoms with E-state index < -0.39 is 14.4 Å². The fourth-order valence-electron chi connectivity index (χ4n) is 1.00. The molecular formula is C10H24N2O3Si. The van der Waals surface area contributed by atoms with E-state index in [0.29, 0.717) is 0 Å². The van der Waals surface area contributed by atoms with Gasteiger partial charge >= 0.3 is 0 Å². The highest BCUT2D eigenvalue weighted by atomic mass is 28.4. The normalized spacial score (nSPS) is 14.7. The number of hydrazine groups is 1. The number of carbonyl (C=O) groups excluding carboxylic acids is 1. The Labute approximate surface area is 98.5 Å². The van der Waals surface area contributed by atoms with Crippen molar-refractivity contribution >= 4 is 14.2 Å². The zero-order valence-electron chi connectivity index (χ0n) is 10.8. The van der Waals surface area contributed by atoms with Crippen LogP contribution in [0.1, 0.15) is 27.2 Å². The van der Waals surface area contributed by atoms with Crippen molar-refractivity contribution < 1.29 is 14.3 Å². The van der Waals surface area contributed by atoms with Crippen LogP contribution >= 0.6 is 0 Å². The van der Waals surface area contributed by atoms with Gasteiger partial charge in [-0.3, -0.25) is 10.2 Å². The topological polar surface area (TPSA) is 84.6 Å². The van der Waals surface area contributed by atoms with Gasteiger partial charge in [-0.05, 0) is 18.1 Å². The molecule has 5 nitrogen and oxygen atoms in total. The van der Waals surface area contributed by atoms with Gasteiger partial charge in [-0.15, -0.1) is 0 Å². The second-order valence-corrected chi connectivity index (χ2v) is 10.2. The highest BCUT2D eigenvalue weighted by Gasteiger charge is 2.39. The van der Waals surface area contributed by atoms with E-state index in [1.165, 1.54) is 0 Å². The Morgan fingerprint density at radius 2 is 2.00 bits per heavy atom. The first kappa shape index (κ1) is 15.6. The van der Waals surface area contributed by atoms with Gasteiger partial charge in [-0.2, -0.15) is 0 Å². The minimum Gasteiger partial charge on any atom is -0.411 e. The highest BCUT2D eigenvalue weighted by Crippen LogP contribution is 2.37. The average Bonchev–Trinajstić information content (AvgIpc) is 2.14. The summed E-state index contributed by atoms with van der Waals surface area (Å²) in [6.45, 7) is 10.3. The summed E-state index contributed by atoms with van der Waals surface area (Å²) in [6.07, 6.45) is -0.371. The fraction of sp³-hybridized carbons (Fsp3) is 0.900. The molecule has 0 unspecified atom stereocenters. The highest BCUT2D eigenvalue weighted by molar-refractivity contribution is 6.74. The minimum absolute atomic E-state index is 0.0552. The van der Waals surface area contributed by atoms with Gasteiger partial charge in [-0.1, -0.05) is 20.8 Å². The summed E-state index contributed by atoms with van der Waals surface area (Å²) in [5.41, 5.74) is 2.04. The molecule has 0 spiro atoms. The van der Waals surface area contributed by atoms with Crippen molar-refractivity contribution in [2.75, 3.05) is 6.61 Å². The number of hydrogen-bond donors (Lipinski definition) is 3. The number of aliphatic hydroxyl groups is 1. The summed E-state index contributed by atoms with van der Waals surface area (Å²) in [5.74, 6) is 4.68. The zero-order chi connectivity index (χ0) is 13.0. The molecule has 0 saturated heterocycles. The van der Waals surface area contributed by atoms with Gasteiger partial charge < -0.3 is 9.53 Å². The number of rotatable bonds is 5. The fourth-order valence-corrected chi connectivity index (χ4v) is 2.35. The van der Waals surface area contributed by atoms with E-state index in [1.54, 1.807) is 0 Å². The van der Waals surface area contributed by atoms with Crippen LogP contribution in [0.5, 0.6) is 0 Å². The Morgan fingerprint density at radius 3 is 2.31 bits per heavy atom. The first-order valence-electron chi connectivity index (χ1n) is 5.42. The molecule has 0 aliphatic heterocycles. The van der Waals surface area contributed by atoms with Gasteiger partial charge in [0.25, 0.3) is 0 Å². The number of amides is 1. The van der Waals surface area contributed by atoms with Crippen molar-refractivity contribution in [1.29, 1.82) is 0 Å². The van der Waals surface area contributed by atoms with Crippen molar-refractivity contribution in [3.05, 3.63) is 0 Å². The molecule has 0 bridgehead atoms. The van der Waals surface area contributed by atoms with Gasteiger partial charge in [0.1, 0.15) is 0 Å². The van der Waals surface area contributed by atoms with E-state index in [2.05, 4.69) is 33.9 Å². The van der Waals surface area contributed by atoms with Crippen LogP contribution < -0.4 is 11.3 Å². The third-order valence-corrected chi connectivity index (χ3v) is 7.58. The number of carbonyl (C=O) groups is 1. The zero-order valence-corrected chi connectivity index (χ0v) is 11.8. The Bertz CT molecular complexity index is 239. The molecule has 0 fully saturated rings. The molecule has 6 heteroatoms. The lowest BCUT2D eigenvalue weighted by Gasteiger charge is -2.38. The minimum atomic E-state index is -1.95. The molecule has 96 valence electrons. The van der Waals surface area contributed by atoms with Gasteiger partial charge in [-0.25, -0.2) is 5.84 Å². The van der Waals surface area contributed by atoms with Gasteiger partial charge in [0.15, 0.2) is 8.32 Å². The molecule has 0 rings (SSSR count). The lowest BCUT2D eigenvalue weighted by molar-refractivity contribution is -0.123. The van der Waals surface area contributed by atoms with E-state index in [0.717, 1.165) is 0 Å². The quantitative estimate of drug-likeness (QED) is 0.290. The Morgan fingerprint density at radius 1 is 1.50 bits per heavy atom. The van der Waals surface area contributed by atoms with Crippen LogP contribution in [0.25, 0.3) is 0 Å². The molecule has 0 radical (unpaired) electrons. The maximum absolute atomic E-state index is 11.1. The monoisotopic (exact) mass is 248 g/mol. The van der Waals surface area contributed by atoms with Crippen LogP contribution in [0.15, 0.2) is 0 Å². The molecule has 0 aromatic carbocycles. The molecule has 0 aromatic rings. The summed E-state index contributed by atoms with van der Waals surface area (Å²) in [4.78, 5) is 11.1. The van der Waals surface area contributed by atoms with Crippen LogP contribution in [0, 0.1) is 0 Å². The lowest BCUT2D eigenvalue weighted by Crippen LogP contribution is -2.46. The Balaban J connectivity index is 4.48. The van der Waals surface area contributed by atoms with E-state index in [-0.39, 0.29) is 24.0 Å². The van der Waals surface area contributed by atoms with Crippen LogP contribution in [-0.4, -0.2) is 32.0 Å². The van der Waals surface area contributed by atoms with Crippen molar-refractivity contribution in [2.24, 2.45) is 5.84 Å². The molecular weight excluding hydrogens is 224 g/mol. The second kappa shape index (κ2) is 5.76. The van der Waals surface area contributed by atoms with Crippen molar-refractivity contribution in [3.63, 3.8) is 0 Å². The summed E-state index contributed by atoms with van der Waals surface area (Å²) >= 11 is 0. The van der Waals surface area contributed by atoms with Crippen molar-refractivity contribution in [3.8, 4) is 0 Å². The maximum atomic E-state index is 11.1. The molecule has 1 amide bonds. The predicted molar refractivity (Wildman–Crippen MR) is 66.1 cm³/mol. The van der Waals surface area contributed by atoms with Crippen LogP contribution in [0.2, 0.25) is 18.1 Å². The number of nitrogens with two attached hydrogens (primary N) is 1. The third kappa shape index (κ3) is 4.61. The molecule has 0 aliphatic carbocycles. The molecule has 0 saturated carbocycles. The summed E-state index contributed by atoms with van der Waals surface area (Å²) < 4.78 is 5.90. The first-order valence-corrected chi connectivity index (χ1v) is 8.33. The summed E-state index contributed by atoms with van der Waals surface area (Å²) in [6, 6.07) is 0. The van der Waals surface area contributed by atoms with Gasteiger partial charge in [0.05, 0.1) is 19.1 Å².